The highest BCUT2D eigenvalue weighted by Gasteiger charge is 2.40. The van der Waals surface area contributed by atoms with E-state index in [2.05, 4.69) is 47.2 Å². The van der Waals surface area contributed by atoms with E-state index < -0.39 is 134 Å². The van der Waals surface area contributed by atoms with Crippen molar-refractivity contribution in [2.45, 2.75) is 119 Å². The van der Waals surface area contributed by atoms with Gasteiger partial charge >= 0.3 is 11.9 Å². The molecular weight excluding hydrogens is 1080 g/mol. The molecule has 8 amide bonds. The first-order chi connectivity index (χ1) is 38.4. The quantitative estimate of drug-likeness (QED) is 0.0175. The summed E-state index contributed by atoms with van der Waals surface area (Å²) < 4.78 is 0. The number of phenols is 2. The number of aliphatic carboxylic acids is 2. The number of benzene rings is 2. The highest BCUT2D eigenvalue weighted by Crippen LogP contribution is 2.21. The lowest BCUT2D eigenvalue weighted by Gasteiger charge is -2.30. The number of aliphatic hydroxyl groups excluding tert-OH is 1. The molecule has 0 spiro atoms. The van der Waals surface area contributed by atoms with Crippen LogP contribution in [0.25, 0.3) is 0 Å². The van der Waals surface area contributed by atoms with Crippen LogP contribution in [0, 0.1) is 0 Å². The zero-order valence-corrected chi connectivity index (χ0v) is 45.5. The van der Waals surface area contributed by atoms with E-state index in [1.165, 1.54) is 53.1 Å². The van der Waals surface area contributed by atoms with E-state index in [1.54, 1.807) is 18.4 Å². The van der Waals surface area contributed by atoms with Crippen molar-refractivity contribution in [3.05, 3.63) is 59.7 Å². The fourth-order valence-corrected chi connectivity index (χ4v) is 8.69. The third-order valence-corrected chi connectivity index (χ3v) is 13.1. The number of carboxylic acids is 2. The summed E-state index contributed by atoms with van der Waals surface area (Å²) in [6, 6.07) is 0.442. The standard InChI is InChI=1S/C50H75N15O15S/c1-81-22-18-33(61-45(76)37(26-66)64-46(77)38-7-4-21-65(38)47(78)34(5-2-19-56-49(52)53)62-41(72)31(51)23-27-8-12-29(67)13-9-27)43(74)60-32(16-17-40(70)71)42(73)58-25-39(69)59-36(24-28-10-14-30(68)15-11-28)44(75)63-35(48(79)80)6-3-20-57-50(54)55/h8-15,31-38,66-68H,2-7,16-26,51H2,1H3,(H,58,73)(H,59,69)(H,60,74)(H,61,76)(H,62,72)(H,63,75)(H,64,77)(H,70,71)(H,79,80)(H4,52,53,56)(H4,54,55,57)/t31-,32-,33-,34-,35-,36-,37-,38-/m0/s1. The Hall–Kier alpha value is -8.45. The molecule has 1 fully saturated rings. The van der Waals surface area contributed by atoms with E-state index in [4.69, 9.17) is 28.7 Å². The number of nitrogens with one attached hydrogen (secondary N) is 7. The van der Waals surface area contributed by atoms with Gasteiger partial charge in [0.2, 0.25) is 47.3 Å². The van der Waals surface area contributed by atoms with Gasteiger partial charge < -0.3 is 96.3 Å². The summed E-state index contributed by atoms with van der Waals surface area (Å²) in [6.45, 7) is -1.58. The van der Waals surface area contributed by atoms with Crippen LogP contribution in [0.3, 0.4) is 0 Å². The van der Waals surface area contributed by atoms with Crippen molar-refractivity contribution in [3.63, 3.8) is 0 Å². The molecule has 0 aromatic heterocycles. The summed E-state index contributed by atoms with van der Waals surface area (Å²) in [6.07, 6.45) is 1.08. The molecule has 0 aliphatic carbocycles. The van der Waals surface area contributed by atoms with Crippen molar-refractivity contribution in [2.75, 3.05) is 44.8 Å². The topological polar surface area (TPSA) is 514 Å². The molecule has 31 heteroatoms. The maximum Gasteiger partial charge on any atom is 0.326 e. The van der Waals surface area contributed by atoms with Gasteiger partial charge in [-0.2, -0.15) is 11.8 Å². The van der Waals surface area contributed by atoms with Crippen LogP contribution in [0.15, 0.2) is 58.5 Å². The largest absolute Gasteiger partial charge is 0.508 e. The summed E-state index contributed by atoms with van der Waals surface area (Å²) in [5.74, 6) is -10.2. The summed E-state index contributed by atoms with van der Waals surface area (Å²) in [5.41, 5.74) is 28.8. The minimum Gasteiger partial charge on any atom is -0.508 e. The number of phenolic OH excluding ortho intramolecular Hbond substituents is 2. The highest BCUT2D eigenvalue weighted by atomic mass is 32.2. The number of aromatic hydroxyl groups is 2. The molecule has 2 aromatic carbocycles. The van der Waals surface area contributed by atoms with Gasteiger partial charge in [0.05, 0.1) is 19.2 Å². The van der Waals surface area contributed by atoms with Crippen LogP contribution in [0.4, 0.5) is 0 Å². The van der Waals surface area contributed by atoms with E-state index in [-0.39, 0.29) is 100 Å². The van der Waals surface area contributed by atoms with Gasteiger partial charge in [-0.1, -0.05) is 24.3 Å². The Labute approximate surface area is 470 Å². The van der Waals surface area contributed by atoms with Crippen LogP contribution in [0.5, 0.6) is 11.5 Å². The second-order valence-corrected chi connectivity index (χ2v) is 19.8. The molecule has 8 atom stereocenters. The normalized spacial score (nSPS) is 15.3. The first-order valence-corrected chi connectivity index (χ1v) is 27.2. The number of nitrogens with two attached hydrogens (primary N) is 5. The second-order valence-electron chi connectivity index (χ2n) is 18.8. The van der Waals surface area contributed by atoms with Gasteiger partial charge in [0, 0.05) is 32.5 Å². The van der Waals surface area contributed by atoms with E-state index >= 15 is 0 Å². The Bertz CT molecular complexity index is 2530. The van der Waals surface area contributed by atoms with Gasteiger partial charge in [0.25, 0.3) is 0 Å². The molecule has 2 aromatic rings. The summed E-state index contributed by atoms with van der Waals surface area (Å²) in [4.78, 5) is 142. The van der Waals surface area contributed by atoms with E-state index in [9.17, 15) is 73.5 Å². The van der Waals surface area contributed by atoms with Gasteiger partial charge in [-0.3, -0.25) is 53.1 Å². The van der Waals surface area contributed by atoms with Crippen LogP contribution < -0.4 is 65.9 Å². The smallest absolute Gasteiger partial charge is 0.326 e. The van der Waals surface area contributed by atoms with E-state index in [0.717, 1.165) is 0 Å². The summed E-state index contributed by atoms with van der Waals surface area (Å²) in [5, 5.41) is 66.1. The fourth-order valence-electron chi connectivity index (χ4n) is 8.22. The fraction of sp³-hybridized carbons (Fsp3) is 0.520. The van der Waals surface area contributed by atoms with Crippen LogP contribution in [-0.2, 0) is 60.8 Å². The van der Waals surface area contributed by atoms with Crippen LogP contribution in [-0.4, -0.2) is 195 Å². The zero-order valence-electron chi connectivity index (χ0n) is 44.7. The number of carbonyl (C=O) groups is 10. The van der Waals surface area contributed by atoms with Crippen molar-refractivity contribution in [2.24, 2.45) is 38.7 Å². The molecule has 30 nitrogen and oxygen atoms in total. The average molecular weight is 1160 g/mol. The first-order valence-electron chi connectivity index (χ1n) is 25.8. The molecule has 1 heterocycles. The Morgan fingerprint density at radius 2 is 1.14 bits per heavy atom. The lowest BCUT2D eigenvalue weighted by atomic mass is 10.0. The van der Waals surface area contributed by atoms with Gasteiger partial charge in [-0.25, -0.2) is 4.79 Å². The van der Waals surface area contributed by atoms with Crippen molar-refractivity contribution < 1.29 is 73.5 Å². The molecule has 1 saturated heterocycles. The van der Waals surface area contributed by atoms with Crippen LogP contribution in [0.1, 0.15) is 68.9 Å². The Morgan fingerprint density at radius 3 is 1.67 bits per heavy atom. The van der Waals surface area contributed by atoms with Crippen LogP contribution >= 0.6 is 11.8 Å². The molecule has 0 radical (unpaired) electrons. The lowest BCUT2D eigenvalue weighted by molar-refractivity contribution is -0.142. The first kappa shape index (κ1) is 66.8. The number of carbonyl (C=O) groups excluding carboxylic acids is 8. The number of likely N-dealkylation sites (tertiary alicyclic amines) is 1. The molecule has 81 heavy (non-hydrogen) atoms. The minimum absolute atomic E-state index is 0.0127. The Kier molecular flexibility index (Phi) is 28.5. The average Bonchev–Trinajstić information content (AvgIpc) is 3.97. The maximum atomic E-state index is 14.2. The Morgan fingerprint density at radius 1 is 0.630 bits per heavy atom. The van der Waals surface area contributed by atoms with E-state index in [1.807, 2.05) is 0 Å². The third kappa shape index (κ3) is 24.2. The number of rotatable bonds is 35. The Balaban J connectivity index is 1.74. The number of amides is 8. The second kappa shape index (κ2) is 34.5. The van der Waals surface area contributed by atoms with Crippen molar-refractivity contribution >= 4 is 82.9 Å². The molecule has 0 unspecified atom stereocenters. The minimum atomic E-state index is -1.69. The van der Waals surface area contributed by atoms with Gasteiger partial charge in [0.15, 0.2) is 11.9 Å². The van der Waals surface area contributed by atoms with E-state index in [0.29, 0.717) is 17.5 Å². The molecule has 446 valence electrons. The molecular formula is C50H75N15O15S. The highest BCUT2D eigenvalue weighted by molar-refractivity contribution is 7.98. The molecule has 1 aliphatic heterocycles. The van der Waals surface area contributed by atoms with Gasteiger partial charge in [-0.15, -0.1) is 0 Å². The number of nitrogens with zero attached hydrogens (tertiary/aromatic N) is 3. The number of thioether (sulfide) groups is 1. The number of hydrogen-bond acceptors (Lipinski definition) is 17. The molecule has 0 saturated carbocycles. The summed E-state index contributed by atoms with van der Waals surface area (Å²) in [7, 11) is 0. The van der Waals surface area contributed by atoms with Crippen molar-refractivity contribution in [3.8, 4) is 11.5 Å². The van der Waals surface area contributed by atoms with Crippen molar-refractivity contribution in [1.82, 2.24) is 42.1 Å². The molecule has 3 rings (SSSR count). The van der Waals surface area contributed by atoms with Crippen molar-refractivity contribution in [1.29, 1.82) is 0 Å². The molecule has 0 bridgehead atoms. The number of aliphatic imine (C=N–C) groups is 2. The zero-order chi connectivity index (χ0) is 60.2. The number of hydrogen-bond donors (Lipinski definition) is 17. The third-order valence-electron chi connectivity index (χ3n) is 12.5. The predicted molar refractivity (Wildman–Crippen MR) is 295 cm³/mol. The SMILES string of the molecule is CSCC[C@H](NC(=O)[C@H](CO)NC(=O)[C@@H]1CCCN1C(=O)[C@H](CCCN=C(N)N)NC(=O)[C@@H](N)Cc1ccc(O)cc1)C(=O)N[C@@H](CCC(=O)O)C(=O)NCC(=O)N[C@@H](Cc1ccc(O)cc1)C(=O)N[C@@H](CCCN=C(N)N)C(=O)O. The maximum absolute atomic E-state index is 14.2. The number of guanidine groups is 2. The predicted octanol–water partition coefficient (Wildman–Crippen LogP) is -4.97. The number of aliphatic hydroxyl groups is 1. The molecule has 1 aliphatic rings. The van der Waals surface area contributed by atoms with Gasteiger partial charge in [0.1, 0.15) is 53.8 Å². The lowest BCUT2D eigenvalue weighted by Crippen LogP contribution is -2.60. The molecule has 22 N–H and O–H groups in total. The number of carboxylic acid groups (broad SMARTS) is 2. The monoisotopic (exact) mass is 1160 g/mol. The summed E-state index contributed by atoms with van der Waals surface area (Å²) >= 11 is 1.27. The van der Waals surface area contributed by atoms with Crippen LogP contribution in [0.2, 0.25) is 0 Å². The van der Waals surface area contributed by atoms with Gasteiger partial charge in [-0.05, 0) is 105 Å².